The second-order valence-corrected chi connectivity index (χ2v) is 8.29. The van der Waals surface area contributed by atoms with Crippen LogP contribution in [-0.4, -0.2) is 23.0 Å². The minimum absolute atomic E-state index is 0.0519. The molecule has 1 saturated carbocycles. The van der Waals surface area contributed by atoms with Crippen molar-refractivity contribution in [3.05, 3.63) is 64.7 Å². The first-order valence-electron chi connectivity index (χ1n) is 10.3. The molecule has 2 aromatic carbocycles. The number of amides is 2. The Morgan fingerprint density at radius 2 is 1.70 bits per heavy atom. The predicted octanol–water partition coefficient (Wildman–Crippen LogP) is 4.85. The molecule has 1 aliphatic rings. The molecule has 1 fully saturated rings. The number of halogens is 1. The van der Waals surface area contributed by atoms with Gasteiger partial charge in [0.05, 0.1) is 0 Å². The Labute approximate surface area is 187 Å². The van der Waals surface area contributed by atoms with Gasteiger partial charge in [0.15, 0.2) is 5.11 Å². The van der Waals surface area contributed by atoms with Gasteiger partial charge in [-0.1, -0.05) is 49.1 Å². The Kier molecular flexibility index (Phi) is 8.22. The summed E-state index contributed by atoms with van der Waals surface area (Å²) in [4.78, 5) is 24.5. The van der Waals surface area contributed by atoms with Crippen molar-refractivity contribution in [1.29, 1.82) is 0 Å². The minimum atomic E-state index is -0.184. The molecular weight excluding hydrogens is 418 g/mol. The zero-order chi connectivity index (χ0) is 21.3. The predicted molar refractivity (Wildman–Crippen MR) is 125 cm³/mol. The van der Waals surface area contributed by atoms with E-state index in [1.807, 2.05) is 18.2 Å². The zero-order valence-electron chi connectivity index (χ0n) is 16.7. The lowest BCUT2D eigenvalue weighted by Gasteiger charge is -2.22. The van der Waals surface area contributed by atoms with E-state index in [0.29, 0.717) is 22.7 Å². The van der Waals surface area contributed by atoms with Crippen molar-refractivity contribution in [3.8, 4) is 0 Å². The van der Waals surface area contributed by atoms with Gasteiger partial charge in [-0.25, -0.2) is 0 Å². The van der Waals surface area contributed by atoms with Crippen molar-refractivity contribution in [3.63, 3.8) is 0 Å². The maximum Gasteiger partial charge on any atom is 0.251 e. The van der Waals surface area contributed by atoms with Crippen LogP contribution in [-0.2, 0) is 11.2 Å². The van der Waals surface area contributed by atoms with E-state index in [0.717, 1.165) is 18.4 Å². The summed E-state index contributed by atoms with van der Waals surface area (Å²) in [6, 6.07) is 14.8. The van der Waals surface area contributed by atoms with E-state index in [1.165, 1.54) is 19.3 Å². The Hall–Kier alpha value is -2.44. The van der Waals surface area contributed by atoms with E-state index >= 15 is 0 Å². The molecule has 0 atom stereocenters. The standard InChI is InChI=1S/C23H26ClN3O2S/c24-20-9-5-4-6-16(20)12-15-21(28)27-23(30)26-19-13-10-17(11-14-19)22(29)25-18-7-2-1-3-8-18/h4-6,9-11,13-14,18H,1-3,7-8,12,15H2,(H,25,29)(H2,26,27,28,30). The molecular formula is C23H26ClN3O2S. The molecule has 3 N–H and O–H groups in total. The van der Waals surface area contributed by atoms with Crippen molar-refractivity contribution in [2.24, 2.45) is 0 Å². The van der Waals surface area contributed by atoms with Gasteiger partial charge in [0.25, 0.3) is 5.91 Å². The summed E-state index contributed by atoms with van der Waals surface area (Å²) in [6.07, 6.45) is 6.53. The third-order valence-electron chi connectivity index (χ3n) is 5.18. The minimum Gasteiger partial charge on any atom is -0.349 e. The number of carbonyl (C=O) groups is 2. The molecule has 3 rings (SSSR count). The zero-order valence-corrected chi connectivity index (χ0v) is 18.3. The summed E-state index contributed by atoms with van der Waals surface area (Å²) in [5.74, 6) is -0.236. The smallest absolute Gasteiger partial charge is 0.251 e. The highest BCUT2D eigenvalue weighted by Crippen LogP contribution is 2.18. The molecule has 158 valence electrons. The number of rotatable bonds is 6. The highest BCUT2D eigenvalue weighted by molar-refractivity contribution is 7.80. The molecule has 0 radical (unpaired) electrons. The van der Waals surface area contributed by atoms with Gasteiger partial charge in [0, 0.05) is 28.7 Å². The molecule has 0 heterocycles. The van der Waals surface area contributed by atoms with Gasteiger partial charge in [-0.05, 0) is 67.4 Å². The molecule has 0 aromatic heterocycles. The topological polar surface area (TPSA) is 70.2 Å². The molecule has 0 aliphatic heterocycles. The normalized spacial score (nSPS) is 14.0. The van der Waals surface area contributed by atoms with Crippen molar-refractivity contribution in [1.82, 2.24) is 10.6 Å². The summed E-state index contributed by atoms with van der Waals surface area (Å²) in [5, 5.41) is 9.61. The van der Waals surface area contributed by atoms with Crippen molar-refractivity contribution >= 4 is 46.4 Å². The maximum absolute atomic E-state index is 12.4. The number of thiocarbonyl (C=S) groups is 1. The summed E-state index contributed by atoms with van der Waals surface area (Å²) >= 11 is 11.3. The van der Waals surface area contributed by atoms with Gasteiger partial charge in [-0.15, -0.1) is 0 Å². The van der Waals surface area contributed by atoms with E-state index < -0.39 is 0 Å². The highest BCUT2D eigenvalue weighted by atomic mass is 35.5. The van der Waals surface area contributed by atoms with Crippen LogP contribution in [0.2, 0.25) is 5.02 Å². The lowest BCUT2D eigenvalue weighted by molar-refractivity contribution is -0.119. The van der Waals surface area contributed by atoms with Crippen LogP contribution in [0.25, 0.3) is 0 Å². The van der Waals surface area contributed by atoms with Gasteiger partial charge in [-0.3, -0.25) is 9.59 Å². The fourth-order valence-electron chi connectivity index (χ4n) is 3.52. The third kappa shape index (κ3) is 6.82. The Bertz CT molecular complexity index is 896. The lowest BCUT2D eigenvalue weighted by Crippen LogP contribution is -2.36. The van der Waals surface area contributed by atoms with Crippen LogP contribution in [0.1, 0.15) is 54.4 Å². The molecule has 0 bridgehead atoms. The SMILES string of the molecule is O=C(CCc1ccccc1Cl)NC(=S)Nc1ccc(C(=O)NC2CCCCC2)cc1. The summed E-state index contributed by atoms with van der Waals surface area (Å²) < 4.78 is 0. The van der Waals surface area contributed by atoms with Crippen molar-refractivity contribution in [2.75, 3.05) is 5.32 Å². The van der Waals surface area contributed by atoms with Gasteiger partial charge >= 0.3 is 0 Å². The van der Waals surface area contributed by atoms with E-state index in [9.17, 15) is 9.59 Å². The number of nitrogens with one attached hydrogen (secondary N) is 3. The fraction of sp³-hybridized carbons (Fsp3) is 0.348. The van der Waals surface area contributed by atoms with E-state index in [4.69, 9.17) is 23.8 Å². The molecule has 5 nitrogen and oxygen atoms in total. The number of aryl methyl sites for hydroxylation is 1. The average Bonchev–Trinajstić information content (AvgIpc) is 2.74. The average molecular weight is 444 g/mol. The number of benzene rings is 2. The Balaban J connectivity index is 1.44. The second-order valence-electron chi connectivity index (χ2n) is 7.48. The van der Waals surface area contributed by atoms with E-state index in [2.05, 4.69) is 16.0 Å². The molecule has 2 aromatic rings. The number of hydrogen-bond acceptors (Lipinski definition) is 3. The van der Waals surface area contributed by atoms with Crippen LogP contribution in [0.3, 0.4) is 0 Å². The Morgan fingerprint density at radius 1 is 1.00 bits per heavy atom. The van der Waals surface area contributed by atoms with Crippen LogP contribution in [0.5, 0.6) is 0 Å². The monoisotopic (exact) mass is 443 g/mol. The van der Waals surface area contributed by atoms with Gasteiger partial charge in [-0.2, -0.15) is 0 Å². The molecule has 7 heteroatoms. The first-order chi connectivity index (χ1) is 14.5. The number of anilines is 1. The summed E-state index contributed by atoms with van der Waals surface area (Å²) in [5.41, 5.74) is 2.25. The largest absolute Gasteiger partial charge is 0.349 e. The molecule has 1 aliphatic carbocycles. The van der Waals surface area contributed by atoms with Crippen molar-refractivity contribution < 1.29 is 9.59 Å². The Morgan fingerprint density at radius 3 is 2.40 bits per heavy atom. The van der Waals surface area contributed by atoms with Gasteiger partial charge < -0.3 is 16.0 Å². The van der Waals surface area contributed by atoms with E-state index in [-0.39, 0.29) is 29.4 Å². The second kappa shape index (κ2) is 11.1. The quantitative estimate of drug-likeness (QED) is 0.558. The molecule has 0 spiro atoms. The van der Waals surface area contributed by atoms with Crippen LogP contribution >= 0.6 is 23.8 Å². The molecule has 30 heavy (non-hydrogen) atoms. The maximum atomic E-state index is 12.4. The fourth-order valence-corrected chi connectivity index (χ4v) is 3.98. The molecule has 0 saturated heterocycles. The van der Waals surface area contributed by atoms with Crippen LogP contribution < -0.4 is 16.0 Å². The number of carbonyl (C=O) groups excluding carboxylic acids is 2. The van der Waals surface area contributed by atoms with Gasteiger partial charge in [0.1, 0.15) is 0 Å². The van der Waals surface area contributed by atoms with E-state index in [1.54, 1.807) is 30.3 Å². The molecule has 2 amide bonds. The van der Waals surface area contributed by atoms with Crippen LogP contribution in [0.4, 0.5) is 5.69 Å². The highest BCUT2D eigenvalue weighted by Gasteiger charge is 2.16. The van der Waals surface area contributed by atoms with Crippen LogP contribution in [0, 0.1) is 0 Å². The van der Waals surface area contributed by atoms with Gasteiger partial charge in [0.2, 0.25) is 5.91 Å². The first kappa shape index (κ1) is 22.2. The third-order valence-corrected chi connectivity index (χ3v) is 5.75. The summed E-state index contributed by atoms with van der Waals surface area (Å²) in [6.45, 7) is 0. The lowest BCUT2D eigenvalue weighted by atomic mass is 9.95. The van der Waals surface area contributed by atoms with Crippen LogP contribution in [0.15, 0.2) is 48.5 Å². The van der Waals surface area contributed by atoms with Crippen molar-refractivity contribution in [2.45, 2.75) is 51.0 Å². The number of hydrogen-bond donors (Lipinski definition) is 3. The molecule has 0 unspecified atom stereocenters. The summed E-state index contributed by atoms with van der Waals surface area (Å²) in [7, 11) is 0. The first-order valence-corrected chi connectivity index (χ1v) is 11.0.